The molecule has 0 bridgehead atoms. The molecule has 0 spiro atoms. The van der Waals surface area contributed by atoms with Gasteiger partial charge in [0.05, 0.1) is 0 Å². The minimum absolute atomic E-state index is 1.04. The molecule has 3 nitrogen and oxygen atoms in total. The number of aryl methyl sites for hydroxylation is 3. The molecular formula is C30H24AsN3S3. The summed E-state index contributed by atoms with van der Waals surface area (Å²) in [5.41, 5.74) is 6.40. The van der Waals surface area contributed by atoms with Gasteiger partial charge in [0.1, 0.15) is 0 Å². The van der Waals surface area contributed by atoms with Gasteiger partial charge in [-0.2, -0.15) is 0 Å². The van der Waals surface area contributed by atoms with Crippen molar-refractivity contribution in [3.05, 3.63) is 108 Å². The number of rotatable bonds is 6. The van der Waals surface area contributed by atoms with E-state index < -0.39 is 11.2 Å². The van der Waals surface area contributed by atoms with Crippen molar-refractivity contribution >= 4 is 74.0 Å². The Morgan fingerprint density at radius 3 is 1.08 bits per heavy atom. The van der Waals surface area contributed by atoms with Crippen LogP contribution in [0.5, 0.6) is 0 Å². The van der Waals surface area contributed by atoms with Crippen LogP contribution < -0.4 is 0 Å². The van der Waals surface area contributed by atoms with Crippen molar-refractivity contribution in [3.63, 3.8) is 0 Å². The standard InChI is InChI=1S/C30H24AsN3S3/c1-19-13-16-22-7-4-10-25(28(22)32-19)35-31(36-26-11-5-8-23-17-14-20(2)33-29(23)26)37-27-12-6-9-24-18-15-21(3)34-30(24)27/h4-18H,1-3H3. The molecule has 0 atom stereocenters. The van der Waals surface area contributed by atoms with Crippen molar-refractivity contribution in [2.45, 2.75) is 35.5 Å². The monoisotopic (exact) mass is 597 g/mol. The average molecular weight is 598 g/mol. The first-order chi connectivity index (χ1) is 18.0. The third-order valence-corrected chi connectivity index (χ3v) is 21.5. The molecule has 3 aromatic heterocycles. The van der Waals surface area contributed by atoms with E-state index >= 15 is 0 Å². The fourth-order valence-electron chi connectivity index (χ4n) is 4.17. The molecule has 3 heterocycles. The van der Waals surface area contributed by atoms with Crippen LogP contribution in [0.1, 0.15) is 17.1 Å². The average Bonchev–Trinajstić information content (AvgIpc) is 2.89. The Balaban J connectivity index is 1.44. The molecule has 0 amide bonds. The predicted octanol–water partition coefficient (Wildman–Crippen LogP) is 8.92. The molecule has 37 heavy (non-hydrogen) atoms. The van der Waals surface area contributed by atoms with Crippen LogP contribution in [0.15, 0.2) is 106 Å². The Kier molecular flexibility index (Phi) is 7.18. The van der Waals surface area contributed by atoms with Crippen LogP contribution in [-0.2, 0) is 0 Å². The van der Waals surface area contributed by atoms with Gasteiger partial charge in [-0.3, -0.25) is 0 Å². The number of hydrogen-bond donors (Lipinski definition) is 0. The maximum absolute atomic E-state index is 4.93. The van der Waals surface area contributed by atoms with Gasteiger partial charge < -0.3 is 0 Å². The Hall–Kier alpha value is -2.50. The van der Waals surface area contributed by atoms with Gasteiger partial charge in [0.25, 0.3) is 0 Å². The van der Waals surface area contributed by atoms with E-state index in [2.05, 4.69) is 112 Å². The van der Waals surface area contributed by atoms with Gasteiger partial charge in [0, 0.05) is 0 Å². The van der Waals surface area contributed by atoms with Crippen LogP contribution in [0, 0.1) is 20.8 Å². The van der Waals surface area contributed by atoms with Crippen molar-refractivity contribution in [3.8, 4) is 0 Å². The normalized spacial score (nSPS) is 11.7. The Morgan fingerprint density at radius 1 is 0.432 bits per heavy atom. The molecule has 0 unspecified atom stereocenters. The minimum atomic E-state index is -1.74. The molecule has 0 radical (unpaired) electrons. The van der Waals surface area contributed by atoms with E-state index in [0.717, 1.165) is 33.6 Å². The first kappa shape index (κ1) is 24.8. The summed E-state index contributed by atoms with van der Waals surface area (Å²) in [5, 5.41) is 3.55. The van der Waals surface area contributed by atoms with Crippen LogP contribution >= 0.6 is 30.1 Å². The number of pyridine rings is 3. The van der Waals surface area contributed by atoms with Gasteiger partial charge >= 0.3 is 232 Å². The second-order valence-electron chi connectivity index (χ2n) is 8.84. The summed E-state index contributed by atoms with van der Waals surface area (Å²) in [4.78, 5) is 18.5. The summed E-state index contributed by atoms with van der Waals surface area (Å²) in [6.45, 7) is 6.19. The van der Waals surface area contributed by atoms with Crippen molar-refractivity contribution in [1.82, 2.24) is 15.0 Å². The zero-order chi connectivity index (χ0) is 25.4. The van der Waals surface area contributed by atoms with Crippen molar-refractivity contribution in [2.75, 3.05) is 0 Å². The number of para-hydroxylation sites is 3. The number of aromatic nitrogens is 3. The summed E-state index contributed by atoms with van der Waals surface area (Å²) in [7, 11) is 5.99. The van der Waals surface area contributed by atoms with Crippen LogP contribution in [0.3, 0.4) is 0 Å². The Bertz CT molecular complexity index is 1570. The van der Waals surface area contributed by atoms with Gasteiger partial charge in [0.2, 0.25) is 0 Å². The van der Waals surface area contributed by atoms with Crippen LogP contribution in [0.2, 0.25) is 0 Å². The number of fused-ring (bicyclic) bond motifs is 3. The van der Waals surface area contributed by atoms with Gasteiger partial charge in [-0.05, 0) is 0 Å². The summed E-state index contributed by atoms with van der Waals surface area (Å²) in [6.07, 6.45) is 0. The molecule has 6 rings (SSSR count). The second-order valence-corrected chi connectivity index (χ2v) is 24.4. The van der Waals surface area contributed by atoms with Crippen LogP contribution in [0.4, 0.5) is 0 Å². The summed E-state index contributed by atoms with van der Waals surface area (Å²) < 4.78 is 0. The van der Waals surface area contributed by atoms with Crippen molar-refractivity contribution in [2.24, 2.45) is 0 Å². The number of nitrogens with zero attached hydrogens (tertiary/aromatic N) is 3. The van der Waals surface area contributed by atoms with E-state index in [4.69, 9.17) is 15.0 Å². The molecule has 3 aromatic carbocycles. The summed E-state index contributed by atoms with van der Waals surface area (Å²) in [6, 6.07) is 32.3. The van der Waals surface area contributed by atoms with Gasteiger partial charge in [0.15, 0.2) is 0 Å². The van der Waals surface area contributed by atoms with E-state index in [1.54, 1.807) is 0 Å². The summed E-state index contributed by atoms with van der Waals surface area (Å²) >= 11 is -1.74. The number of benzene rings is 3. The molecule has 6 aromatic rings. The van der Waals surface area contributed by atoms with Gasteiger partial charge in [-0.15, -0.1) is 0 Å². The first-order valence-corrected chi connectivity index (χ1v) is 21.2. The second kappa shape index (κ2) is 10.7. The third kappa shape index (κ3) is 5.39. The molecule has 0 saturated carbocycles. The molecular weight excluding hydrogens is 573 g/mol. The molecule has 0 saturated heterocycles. The fraction of sp³-hybridized carbons (Fsp3) is 0.100. The predicted molar refractivity (Wildman–Crippen MR) is 163 cm³/mol. The van der Waals surface area contributed by atoms with Crippen LogP contribution in [0.25, 0.3) is 32.7 Å². The van der Waals surface area contributed by atoms with Gasteiger partial charge in [-0.1, -0.05) is 0 Å². The van der Waals surface area contributed by atoms with Crippen LogP contribution in [-0.4, -0.2) is 26.1 Å². The molecule has 0 aliphatic heterocycles. The molecule has 0 fully saturated rings. The van der Waals surface area contributed by atoms with E-state index in [-0.39, 0.29) is 0 Å². The topological polar surface area (TPSA) is 38.7 Å². The molecule has 0 N–H and O–H groups in total. The molecule has 0 aliphatic rings. The van der Waals surface area contributed by atoms with Crippen molar-refractivity contribution < 1.29 is 0 Å². The maximum atomic E-state index is 4.93. The SMILES string of the molecule is Cc1ccc2cccc(S[As](Sc3cccc4ccc(C)nc34)Sc3cccc4ccc(C)nc34)c2n1. The van der Waals surface area contributed by atoms with E-state index in [1.807, 2.05) is 30.1 Å². The zero-order valence-electron chi connectivity index (χ0n) is 20.7. The molecule has 182 valence electrons. The van der Waals surface area contributed by atoms with Gasteiger partial charge in [-0.25, -0.2) is 0 Å². The molecule has 0 aliphatic carbocycles. The summed E-state index contributed by atoms with van der Waals surface area (Å²) in [5.74, 6) is 0. The van der Waals surface area contributed by atoms with E-state index in [1.165, 1.54) is 30.8 Å². The van der Waals surface area contributed by atoms with E-state index in [9.17, 15) is 0 Å². The Morgan fingerprint density at radius 2 is 0.757 bits per heavy atom. The number of hydrogen-bond acceptors (Lipinski definition) is 6. The first-order valence-electron chi connectivity index (χ1n) is 12.0. The van der Waals surface area contributed by atoms with Crippen molar-refractivity contribution in [1.29, 1.82) is 0 Å². The Labute approximate surface area is 231 Å². The zero-order valence-corrected chi connectivity index (χ0v) is 25.0. The third-order valence-electron chi connectivity index (χ3n) is 5.99. The molecule has 7 heteroatoms. The quantitative estimate of drug-likeness (QED) is 0.179. The van der Waals surface area contributed by atoms with E-state index in [0.29, 0.717) is 0 Å². The fourth-order valence-corrected chi connectivity index (χ4v) is 21.7.